The molecule has 3 amide bonds. The number of benzene rings is 1. The van der Waals surface area contributed by atoms with Crippen LogP contribution < -0.4 is 10.5 Å². The van der Waals surface area contributed by atoms with E-state index in [1.807, 2.05) is 41.3 Å². The Balaban J connectivity index is 1.55. The van der Waals surface area contributed by atoms with Gasteiger partial charge in [0.15, 0.2) is 12.7 Å². The molecule has 2 aromatic rings. The molecule has 1 unspecified atom stereocenters. The van der Waals surface area contributed by atoms with E-state index in [1.165, 1.54) is 11.3 Å². The first-order valence-corrected chi connectivity index (χ1v) is 11.6. The zero-order chi connectivity index (χ0) is 22.5. The fraction of sp³-hybridized carbons (Fsp3) is 0.435. The summed E-state index contributed by atoms with van der Waals surface area (Å²) < 4.78 is 11.2. The number of hydrogen-bond acceptors (Lipinski definition) is 6. The van der Waals surface area contributed by atoms with Crippen molar-refractivity contribution in [1.29, 1.82) is 0 Å². The third-order valence-electron chi connectivity index (χ3n) is 5.68. The number of carbonyl (C=O) groups is 3. The van der Waals surface area contributed by atoms with Gasteiger partial charge in [-0.25, -0.2) is 0 Å². The number of likely N-dealkylation sites (tertiary alicyclic amines) is 1. The van der Waals surface area contributed by atoms with Crippen LogP contribution in [-0.4, -0.2) is 73.0 Å². The van der Waals surface area contributed by atoms with Crippen LogP contribution in [0.1, 0.15) is 28.9 Å². The molecule has 0 bridgehead atoms. The number of nitrogens with zero attached hydrogens (tertiary/aromatic N) is 2. The highest BCUT2D eigenvalue weighted by molar-refractivity contribution is 7.17. The summed E-state index contributed by atoms with van der Waals surface area (Å²) in [6.45, 7) is 2.06. The molecule has 170 valence electrons. The third-order valence-corrected chi connectivity index (χ3v) is 6.83. The lowest BCUT2D eigenvalue weighted by Crippen LogP contribution is -2.50. The van der Waals surface area contributed by atoms with Crippen molar-refractivity contribution >= 4 is 29.1 Å². The first kappa shape index (κ1) is 22.3. The Morgan fingerprint density at radius 2 is 1.81 bits per heavy atom. The molecule has 2 N–H and O–H groups in total. The molecule has 0 aliphatic carbocycles. The molecule has 3 heterocycles. The molecule has 1 aromatic heterocycles. The zero-order valence-corrected chi connectivity index (χ0v) is 18.6. The topological polar surface area (TPSA) is 102 Å². The lowest BCUT2D eigenvalue weighted by atomic mass is 10.1. The molecule has 32 heavy (non-hydrogen) atoms. The summed E-state index contributed by atoms with van der Waals surface area (Å²) >= 11 is 1.31. The lowest BCUT2D eigenvalue weighted by molar-refractivity contribution is -0.134. The second kappa shape index (κ2) is 10.1. The van der Waals surface area contributed by atoms with E-state index in [0.29, 0.717) is 17.2 Å². The van der Waals surface area contributed by atoms with Crippen LogP contribution in [0.25, 0.3) is 10.4 Å². The SMILES string of the molecule is NC(=O)C1CN(C(=O)c2sc(-c3ccccc3)cc2OCC(=O)N2CCCCC2)CCO1. The summed E-state index contributed by atoms with van der Waals surface area (Å²) in [5.74, 6) is -0.545. The maximum Gasteiger partial charge on any atom is 0.267 e. The predicted molar refractivity (Wildman–Crippen MR) is 121 cm³/mol. The van der Waals surface area contributed by atoms with E-state index < -0.39 is 12.0 Å². The van der Waals surface area contributed by atoms with Gasteiger partial charge in [-0.1, -0.05) is 30.3 Å². The Kier molecular flexibility index (Phi) is 7.06. The third kappa shape index (κ3) is 5.11. The fourth-order valence-electron chi connectivity index (χ4n) is 3.90. The Bertz CT molecular complexity index is 971. The van der Waals surface area contributed by atoms with E-state index in [4.69, 9.17) is 15.2 Å². The molecule has 1 atom stereocenters. The average molecular weight is 458 g/mol. The van der Waals surface area contributed by atoms with E-state index in [1.54, 1.807) is 4.90 Å². The van der Waals surface area contributed by atoms with Gasteiger partial charge in [0.1, 0.15) is 10.6 Å². The van der Waals surface area contributed by atoms with Crippen molar-refractivity contribution in [3.63, 3.8) is 0 Å². The van der Waals surface area contributed by atoms with Gasteiger partial charge in [-0.15, -0.1) is 11.3 Å². The van der Waals surface area contributed by atoms with Gasteiger partial charge in [-0.3, -0.25) is 14.4 Å². The highest BCUT2D eigenvalue weighted by Crippen LogP contribution is 2.37. The van der Waals surface area contributed by atoms with E-state index in [2.05, 4.69) is 0 Å². The summed E-state index contributed by atoms with van der Waals surface area (Å²) in [6.07, 6.45) is 2.32. The molecule has 2 fully saturated rings. The largest absolute Gasteiger partial charge is 0.482 e. The second-order valence-corrected chi connectivity index (χ2v) is 8.97. The van der Waals surface area contributed by atoms with E-state index in [-0.39, 0.29) is 31.6 Å². The summed E-state index contributed by atoms with van der Waals surface area (Å²) in [7, 11) is 0. The van der Waals surface area contributed by atoms with Crippen LogP contribution in [0.3, 0.4) is 0 Å². The minimum absolute atomic E-state index is 0.0734. The van der Waals surface area contributed by atoms with Crippen molar-refractivity contribution in [3.05, 3.63) is 41.3 Å². The number of ether oxygens (including phenoxy) is 2. The Hall–Kier alpha value is -2.91. The van der Waals surface area contributed by atoms with Crippen LogP contribution in [-0.2, 0) is 14.3 Å². The van der Waals surface area contributed by atoms with Gasteiger partial charge in [0.2, 0.25) is 5.91 Å². The number of morpholine rings is 1. The van der Waals surface area contributed by atoms with Crippen molar-refractivity contribution in [2.75, 3.05) is 39.4 Å². The highest BCUT2D eigenvalue weighted by atomic mass is 32.1. The molecular weight excluding hydrogens is 430 g/mol. The van der Waals surface area contributed by atoms with Crippen molar-refractivity contribution in [3.8, 4) is 16.2 Å². The first-order valence-electron chi connectivity index (χ1n) is 10.8. The van der Waals surface area contributed by atoms with Crippen molar-refractivity contribution in [1.82, 2.24) is 9.80 Å². The van der Waals surface area contributed by atoms with Crippen LogP contribution in [0.15, 0.2) is 36.4 Å². The molecule has 2 saturated heterocycles. The number of thiophene rings is 1. The van der Waals surface area contributed by atoms with Crippen LogP contribution in [0.2, 0.25) is 0 Å². The van der Waals surface area contributed by atoms with E-state index in [9.17, 15) is 14.4 Å². The Morgan fingerprint density at radius 3 is 2.53 bits per heavy atom. The minimum Gasteiger partial charge on any atom is -0.482 e. The quantitative estimate of drug-likeness (QED) is 0.716. The Labute approximate surface area is 190 Å². The number of primary amides is 1. The summed E-state index contributed by atoms with van der Waals surface area (Å²) in [6, 6.07) is 11.5. The van der Waals surface area contributed by atoms with Gasteiger partial charge < -0.3 is 25.0 Å². The molecule has 1 aromatic carbocycles. The monoisotopic (exact) mass is 457 g/mol. The molecule has 8 nitrogen and oxygen atoms in total. The number of carbonyl (C=O) groups excluding carboxylic acids is 3. The van der Waals surface area contributed by atoms with Gasteiger partial charge in [0.05, 0.1) is 13.2 Å². The van der Waals surface area contributed by atoms with Gasteiger partial charge in [-0.05, 0) is 30.9 Å². The predicted octanol–water partition coefficient (Wildman–Crippen LogP) is 2.13. The molecule has 4 rings (SSSR count). The van der Waals surface area contributed by atoms with Crippen LogP contribution in [0.5, 0.6) is 5.75 Å². The normalized spacial score (nSPS) is 18.9. The number of piperidine rings is 1. The number of amides is 3. The number of hydrogen-bond donors (Lipinski definition) is 1. The zero-order valence-electron chi connectivity index (χ0n) is 17.8. The second-order valence-electron chi connectivity index (χ2n) is 7.91. The molecule has 2 aliphatic heterocycles. The summed E-state index contributed by atoms with van der Waals surface area (Å²) in [5.41, 5.74) is 6.32. The number of nitrogens with two attached hydrogens (primary N) is 1. The van der Waals surface area contributed by atoms with Crippen molar-refractivity contribution < 1.29 is 23.9 Å². The van der Waals surface area contributed by atoms with Crippen molar-refractivity contribution in [2.24, 2.45) is 5.73 Å². The van der Waals surface area contributed by atoms with Gasteiger partial charge >= 0.3 is 0 Å². The minimum atomic E-state index is -0.827. The Morgan fingerprint density at radius 1 is 1.06 bits per heavy atom. The molecule has 0 spiro atoms. The highest BCUT2D eigenvalue weighted by Gasteiger charge is 2.31. The first-order chi connectivity index (χ1) is 15.5. The van der Waals surface area contributed by atoms with Crippen LogP contribution in [0.4, 0.5) is 0 Å². The fourth-order valence-corrected chi connectivity index (χ4v) is 4.97. The molecule has 0 saturated carbocycles. The number of rotatable bonds is 6. The standard InChI is InChI=1S/C23H27N3O5S/c24-22(28)18-14-26(11-12-30-18)23(29)21-17(13-19(32-21)16-7-3-1-4-8-16)31-15-20(27)25-9-5-2-6-10-25/h1,3-4,7-8,13,18H,2,5-6,9-12,14-15H2,(H2,24,28). The molecule has 9 heteroatoms. The maximum absolute atomic E-state index is 13.3. The maximum atomic E-state index is 13.3. The van der Waals surface area contributed by atoms with Gasteiger partial charge in [0.25, 0.3) is 11.8 Å². The van der Waals surface area contributed by atoms with Crippen molar-refractivity contribution in [2.45, 2.75) is 25.4 Å². The molecular formula is C23H27N3O5S. The van der Waals surface area contributed by atoms with E-state index in [0.717, 1.165) is 42.8 Å². The van der Waals surface area contributed by atoms with Crippen LogP contribution >= 0.6 is 11.3 Å². The smallest absolute Gasteiger partial charge is 0.267 e. The summed E-state index contributed by atoms with van der Waals surface area (Å²) in [5, 5.41) is 0. The van der Waals surface area contributed by atoms with Gasteiger partial charge in [0, 0.05) is 24.5 Å². The molecule has 0 radical (unpaired) electrons. The van der Waals surface area contributed by atoms with Crippen LogP contribution in [0, 0.1) is 0 Å². The molecule has 2 aliphatic rings. The average Bonchev–Trinajstić information content (AvgIpc) is 3.27. The van der Waals surface area contributed by atoms with Gasteiger partial charge in [-0.2, -0.15) is 0 Å². The lowest BCUT2D eigenvalue weighted by Gasteiger charge is -2.31. The summed E-state index contributed by atoms with van der Waals surface area (Å²) in [4.78, 5) is 42.1. The van der Waals surface area contributed by atoms with E-state index >= 15 is 0 Å².